The average molecular weight is 282 g/mol. The molecule has 0 fully saturated rings. The smallest absolute Gasteiger partial charge is 0.288 e. The van der Waals surface area contributed by atoms with Crippen molar-refractivity contribution in [2.24, 2.45) is 0 Å². The molecule has 0 rings (SSSR count). The fraction of sp³-hybridized carbons (Fsp3) is 0.889. The number of rotatable bonds is 7. The van der Waals surface area contributed by atoms with E-state index in [1.165, 1.54) is 0 Å². The largest absolute Gasteiger partial charge is 0.340 e. The van der Waals surface area contributed by atoms with Crippen LogP contribution in [0.3, 0.4) is 0 Å². The van der Waals surface area contributed by atoms with Crippen LogP contribution < -0.4 is 0 Å². The summed E-state index contributed by atoms with van der Waals surface area (Å²) < 4.78 is 75.9. The summed E-state index contributed by atoms with van der Waals surface area (Å²) in [5.74, 6) is -9.96. The molecule has 0 saturated heterocycles. The molecule has 0 amide bonds. The van der Waals surface area contributed by atoms with E-state index in [2.05, 4.69) is 0 Å². The van der Waals surface area contributed by atoms with E-state index in [0.29, 0.717) is 11.8 Å². The van der Waals surface area contributed by atoms with Gasteiger partial charge in [0.1, 0.15) is 0 Å². The van der Waals surface area contributed by atoms with E-state index in [1.54, 1.807) is 0 Å². The summed E-state index contributed by atoms with van der Waals surface area (Å²) in [7, 11) is 0. The minimum atomic E-state index is -4.92. The molecule has 0 aliphatic heterocycles. The Morgan fingerprint density at radius 1 is 1.29 bits per heavy atom. The first-order valence-electron chi connectivity index (χ1n) is 4.74. The van der Waals surface area contributed by atoms with Gasteiger partial charge in [-0.15, -0.1) is 0 Å². The molecule has 0 aliphatic rings. The number of alkyl halides is 6. The number of thioether (sulfide) groups is 1. The van der Waals surface area contributed by atoms with Crippen LogP contribution in [-0.2, 0) is 4.79 Å². The Hall–Kier alpha value is -0.400. The normalized spacial score (nSPS) is 14.8. The maximum atomic E-state index is 13.0. The molecule has 0 aromatic carbocycles. The summed E-state index contributed by atoms with van der Waals surface area (Å²) in [5, 5.41) is -0.420. The van der Waals surface area contributed by atoms with Crippen LogP contribution in [0.25, 0.3) is 0 Å². The Morgan fingerprint density at radius 3 is 2.24 bits per heavy atom. The lowest BCUT2D eigenvalue weighted by atomic mass is 10.0. The molecule has 8 heteroatoms. The van der Waals surface area contributed by atoms with Crippen LogP contribution in [0.4, 0.5) is 26.3 Å². The molecule has 0 aromatic heterocycles. The third kappa shape index (κ3) is 4.77. The summed E-state index contributed by atoms with van der Waals surface area (Å²) in [5.41, 5.74) is 0. The highest BCUT2D eigenvalue weighted by Crippen LogP contribution is 2.42. The number of halogens is 6. The number of hydrogen-bond donors (Lipinski definition) is 0. The van der Waals surface area contributed by atoms with Gasteiger partial charge in [-0.2, -0.15) is 17.6 Å². The number of carbonyl (C=O) groups excluding carboxylic acids is 1. The van der Waals surface area contributed by atoms with Gasteiger partial charge in [0.05, 0.1) is 6.67 Å². The first-order valence-corrected chi connectivity index (χ1v) is 5.72. The topological polar surface area (TPSA) is 17.1 Å². The summed E-state index contributed by atoms with van der Waals surface area (Å²) in [6, 6.07) is 0. The van der Waals surface area contributed by atoms with Gasteiger partial charge in [-0.1, -0.05) is 11.8 Å². The van der Waals surface area contributed by atoms with Crippen LogP contribution in [0.5, 0.6) is 0 Å². The highest BCUT2D eigenvalue weighted by Gasteiger charge is 2.60. The van der Waals surface area contributed by atoms with Gasteiger partial charge in [0.2, 0.25) is 0 Å². The predicted octanol–water partition coefficient (Wildman–Crippen LogP) is 3.62. The second kappa shape index (κ2) is 6.51. The molecule has 0 saturated carbocycles. The van der Waals surface area contributed by atoms with Gasteiger partial charge >= 0.3 is 11.8 Å². The first kappa shape index (κ1) is 16.6. The maximum Gasteiger partial charge on any atom is 0.340 e. The van der Waals surface area contributed by atoms with Gasteiger partial charge < -0.3 is 0 Å². The van der Waals surface area contributed by atoms with Crippen molar-refractivity contribution in [2.45, 2.75) is 37.8 Å². The first-order chi connectivity index (χ1) is 7.65. The van der Waals surface area contributed by atoms with E-state index >= 15 is 0 Å². The summed E-state index contributed by atoms with van der Waals surface area (Å²) in [6.07, 6.45) is -5.71. The Bertz CT molecular complexity index is 258. The maximum absolute atomic E-state index is 13.0. The van der Waals surface area contributed by atoms with Crippen LogP contribution in [-0.4, -0.2) is 35.6 Å². The minimum absolute atomic E-state index is 0.322. The Kier molecular flexibility index (Phi) is 6.36. The molecule has 1 unspecified atom stereocenters. The lowest BCUT2D eigenvalue weighted by molar-refractivity contribution is -0.242. The summed E-state index contributed by atoms with van der Waals surface area (Å²) in [4.78, 5) is 10.4. The van der Waals surface area contributed by atoms with Crippen molar-refractivity contribution in [1.29, 1.82) is 0 Å². The second-order valence-corrected chi connectivity index (χ2v) is 4.63. The quantitative estimate of drug-likeness (QED) is 0.663. The predicted molar refractivity (Wildman–Crippen MR) is 53.1 cm³/mol. The lowest BCUT2D eigenvalue weighted by Gasteiger charge is -2.28. The molecule has 17 heavy (non-hydrogen) atoms. The van der Waals surface area contributed by atoms with Crippen LogP contribution in [0, 0.1) is 0 Å². The lowest BCUT2D eigenvalue weighted by Crippen LogP contribution is -2.48. The van der Waals surface area contributed by atoms with Crippen molar-refractivity contribution in [3.8, 4) is 0 Å². The average Bonchev–Trinajstić information content (AvgIpc) is 2.16. The molecule has 0 bridgehead atoms. The zero-order valence-electron chi connectivity index (χ0n) is 8.99. The Morgan fingerprint density at radius 2 is 1.82 bits per heavy atom. The van der Waals surface area contributed by atoms with Crippen molar-refractivity contribution >= 4 is 16.9 Å². The van der Waals surface area contributed by atoms with Crippen LogP contribution in [0.15, 0.2) is 0 Å². The zero-order valence-corrected chi connectivity index (χ0v) is 9.81. The molecule has 0 spiro atoms. The van der Waals surface area contributed by atoms with Crippen molar-refractivity contribution in [3.05, 3.63) is 0 Å². The van der Waals surface area contributed by atoms with Gasteiger partial charge in [0.15, 0.2) is 11.3 Å². The van der Waals surface area contributed by atoms with E-state index in [0.717, 1.165) is 6.92 Å². The Labute approximate surface area is 98.9 Å². The van der Waals surface area contributed by atoms with Crippen LogP contribution in [0.2, 0.25) is 0 Å². The summed E-state index contributed by atoms with van der Waals surface area (Å²) in [6.45, 7) is -0.509. The molecular formula is C9H12F6OS. The van der Waals surface area contributed by atoms with Crippen molar-refractivity contribution in [2.75, 3.05) is 12.4 Å². The van der Waals surface area contributed by atoms with Crippen molar-refractivity contribution in [3.63, 3.8) is 0 Å². The van der Waals surface area contributed by atoms with Gasteiger partial charge in [0, 0.05) is 19.1 Å². The van der Waals surface area contributed by atoms with Gasteiger partial charge in [0.25, 0.3) is 0 Å². The number of hydrogen-bond acceptors (Lipinski definition) is 2. The van der Waals surface area contributed by atoms with Crippen molar-refractivity contribution in [1.82, 2.24) is 0 Å². The second-order valence-electron chi connectivity index (χ2n) is 3.36. The van der Waals surface area contributed by atoms with E-state index in [4.69, 9.17) is 0 Å². The van der Waals surface area contributed by atoms with Crippen LogP contribution in [0.1, 0.15) is 19.8 Å². The van der Waals surface area contributed by atoms with E-state index in [1.807, 2.05) is 0 Å². The molecule has 0 N–H and O–H groups in total. The molecule has 0 aromatic rings. The van der Waals surface area contributed by atoms with Gasteiger partial charge in [-0.25, -0.2) is 4.39 Å². The molecule has 1 nitrogen and oxygen atoms in total. The molecule has 0 aliphatic carbocycles. The monoisotopic (exact) mass is 282 g/mol. The Balaban J connectivity index is 4.42. The third-order valence-corrected chi connectivity index (χ3v) is 2.81. The van der Waals surface area contributed by atoms with E-state index in [-0.39, 0.29) is 5.75 Å². The molecule has 1 atom stereocenters. The fourth-order valence-corrected chi connectivity index (χ4v) is 1.61. The third-order valence-electron chi connectivity index (χ3n) is 1.97. The van der Waals surface area contributed by atoms with Crippen molar-refractivity contribution < 1.29 is 31.1 Å². The highest BCUT2D eigenvalue weighted by atomic mass is 32.2. The minimum Gasteiger partial charge on any atom is -0.288 e. The summed E-state index contributed by atoms with van der Waals surface area (Å²) >= 11 is 0.568. The SMILES string of the molecule is CC(=O)SCCC(F)C(F)(F)C(F)(F)CCF. The highest BCUT2D eigenvalue weighted by molar-refractivity contribution is 8.13. The molecule has 0 radical (unpaired) electrons. The molecule has 102 valence electrons. The standard InChI is InChI=1S/C9H12F6OS/c1-6(16)17-5-2-7(11)9(14,15)8(12,13)3-4-10/h7H,2-5H2,1H3. The zero-order chi connectivity index (χ0) is 13.7. The van der Waals surface area contributed by atoms with Gasteiger partial charge in [-0.05, 0) is 6.42 Å². The van der Waals surface area contributed by atoms with Crippen LogP contribution >= 0.6 is 11.8 Å². The van der Waals surface area contributed by atoms with E-state index in [9.17, 15) is 31.1 Å². The number of carbonyl (C=O) groups is 1. The fourth-order valence-electron chi connectivity index (χ4n) is 1.00. The van der Waals surface area contributed by atoms with Gasteiger partial charge in [-0.3, -0.25) is 9.18 Å². The van der Waals surface area contributed by atoms with E-state index < -0.39 is 42.6 Å². The molecular weight excluding hydrogens is 270 g/mol. The molecule has 0 heterocycles.